The van der Waals surface area contributed by atoms with Crippen molar-refractivity contribution in [1.29, 1.82) is 0 Å². The topological polar surface area (TPSA) is 34.1 Å². The Morgan fingerprint density at radius 2 is 2.22 bits per heavy atom. The fraction of sp³-hybridized carbons (Fsp3) is 0.357. The Labute approximate surface area is 112 Å². The highest BCUT2D eigenvalue weighted by atomic mass is 35.5. The van der Waals surface area contributed by atoms with Crippen LogP contribution in [0.2, 0.25) is 5.02 Å². The van der Waals surface area contributed by atoms with Crippen molar-refractivity contribution in [2.75, 3.05) is 25.6 Å². The van der Waals surface area contributed by atoms with Gasteiger partial charge in [-0.1, -0.05) is 18.5 Å². The summed E-state index contributed by atoms with van der Waals surface area (Å²) in [5.74, 6) is 0.463. The number of methoxy groups -OCH3 is 1. The summed E-state index contributed by atoms with van der Waals surface area (Å²) in [6.45, 7) is 3.77. The van der Waals surface area contributed by atoms with Crippen LogP contribution in [-0.2, 0) is 4.74 Å². The highest BCUT2D eigenvalue weighted by Crippen LogP contribution is 2.24. The second kappa shape index (κ2) is 6.03. The maximum Gasteiger partial charge on any atom is 0.0737 e. The molecule has 0 amide bonds. The Hall–Kier alpha value is -1.32. The fourth-order valence-corrected chi connectivity index (χ4v) is 2.07. The summed E-state index contributed by atoms with van der Waals surface area (Å²) in [4.78, 5) is 4.32. The molecule has 0 bridgehead atoms. The van der Waals surface area contributed by atoms with Crippen LogP contribution in [0.15, 0.2) is 30.5 Å². The second-order valence-corrected chi connectivity index (χ2v) is 4.90. The lowest BCUT2D eigenvalue weighted by Crippen LogP contribution is -2.15. The summed E-state index contributed by atoms with van der Waals surface area (Å²) in [5.41, 5.74) is 1.99. The highest BCUT2D eigenvalue weighted by molar-refractivity contribution is 6.31. The van der Waals surface area contributed by atoms with E-state index < -0.39 is 0 Å². The molecule has 0 fully saturated rings. The predicted octanol–water partition coefficient (Wildman–Crippen LogP) is 3.58. The van der Waals surface area contributed by atoms with Gasteiger partial charge in [-0.3, -0.25) is 4.98 Å². The monoisotopic (exact) mass is 264 g/mol. The minimum Gasteiger partial charge on any atom is -0.384 e. The van der Waals surface area contributed by atoms with Crippen LogP contribution in [0, 0.1) is 5.92 Å². The SMILES string of the molecule is COCC(C)CNc1ccnc2cc(Cl)ccc12. The Balaban J connectivity index is 2.18. The molecule has 1 aromatic heterocycles. The van der Waals surface area contributed by atoms with E-state index in [1.165, 1.54) is 0 Å². The Morgan fingerprint density at radius 3 is 3.00 bits per heavy atom. The molecule has 0 aliphatic heterocycles. The molecule has 3 nitrogen and oxygen atoms in total. The lowest BCUT2D eigenvalue weighted by molar-refractivity contribution is 0.164. The molecule has 0 saturated heterocycles. The number of benzene rings is 1. The minimum atomic E-state index is 0.463. The van der Waals surface area contributed by atoms with Gasteiger partial charge in [-0.25, -0.2) is 0 Å². The number of pyridine rings is 1. The van der Waals surface area contributed by atoms with Gasteiger partial charge in [0, 0.05) is 35.9 Å². The first-order valence-electron chi connectivity index (χ1n) is 5.98. The quantitative estimate of drug-likeness (QED) is 0.896. The van der Waals surface area contributed by atoms with Crippen LogP contribution in [0.4, 0.5) is 5.69 Å². The lowest BCUT2D eigenvalue weighted by Gasteiger charge is -2.14. The highest BCUT2D eigenvalue weighted by Gasteiger charge is 2.05. The van der Waals surface area contributed by atoms with Gasteiger partial charge in [0.25, 0.3) is 0 Å². The summed E-state index contributed by atoms with van der Waals surface area (Å²) in [6.07, 6.45) is 1.79. The van der Waals surface area contributed by atoms with Crippen molar-refractivity contribution >= 4 is 28.2 Å². The normalized spacial score (nSPS) is 12.6. The van der Waals surface area contributed by atoms with Gasteiger partial charge < -0.3 is 10.1 Å². The van der Waals surface area contributed by atoms with Crippen LogP contribution < -0.4 is 5.32 Å². The van der Waals surface area contributed by atoms with Crippen LogP contribution in [0.3, 0.4) is 0 Å². The summed E-state index contributed by atoms with van der Waals surface area (Å²) < 4.78 is 5.13. The maximum absolute atomic E-state index is 5.96. The molecular weight excluding hydrogens is 248 g/mol. The van der Waals surface area contributed by atoms with Crippen LogP contribution >= 0.6 is 11.6 Å². The van der Waals surface area contributed by atoms with Crippen LogP contribution in [-0.4, -0.2) is 25.2 Å². The van der Waals surface area contributed by atoms with Crippen LogP contribution in [0.1, 0.15) is 6.92 Å². The first kappa shape index (κ1) is 13.1. The van der Waals surface area contributed by atoms with E-state index in [1.54, 1.807) is 13.3 Å². The number of rotatable bonds is 5. The molecule has 0 radical (unpaired) electrons. The van der Waals surface area contributed by atoms with E-state index in [-0.39, 0.29) is 0 Å². The first-order valence-corrected chi connectivity index (χ1v) is 6.35. The molecule has 1 heterocycles. The van der Waals surface area contributed by atoms with Crippen molar-refractivity contribution in [2.45, 2.75) is 6.92 Å². The molecule has 18 heavy (non-hydrogen) atoms. The Morgan fingerprint density at radius 1 is 1.39 bits per heavy atom. The first-order chi connectivity index (χ1) is 8.70. The van der Waals surface area contributed by atoms with Gasteiger partial charge >= 0.3 is 0 Å². The van der Waals surface area contributed by atoms with Crippen molar-refractivity contribution in [3.63, 3.8) is 0 Å². The van der Waals surface area contributed by atoms with Gasteiger partial charge in [-0.2, -0.15) is 0 Å². The number of fused-ring (bicyclic) bond motifs is 1. The molecule has 0 aliphatic rings. The lowest BCUT2D eigenvalue weighted by atomic mass is 10.1. The molecule has 4 heteroatoms. The van der Waals surface area contributed by atoms with Gasteiger partial charge in [0.2, 0.25) is 0 Å². The van der Waals surface area contributed by atoms with E-state index in [9.17, 15) is 0 Å². The second-order valence-electron chi connectivity index (χ2n) is 4.46. The van der Waals surface area contributed by atoms with Gasteiger partial charge in [-0.15, -0.1) is 0 Å². The molecule has 2 rings (SSSR count). The van der Waals surface area contributed by atoms with Gasteiger partial charge in [0.1, 0.15) is 0 Å². The summed E-state index contributed by atoms with van der Waals surface area (Å²) >= 11 is 5.96. The van der Waals surface area contributed by atoms with E-state index in [4.69, 9.17) is 16.3 Å². The Bertz CT molecular complexity index is 530. The van der Waals surface area contributed by atoms with Crippen molar-refractivity contribution in [2.24, 2.45) is 5.92 Å². The molecule has 0 aliphatic carbocycles. The molecule has 2 aromatic rings. The number of nitrogens with one attached hydrogen (secondary N) is 1. The zero-order chi connectivity index (χ0) is 13.0. The average molecular weight is 265 g/mol. The van der Waals surface area contributed by atoms with Gasteiger partial charge in [-0.05, 0) is 30.2 Å². The van der Waals surface area contributed by atoms with Crippen molar-refractivity contribution in [3.05, 3.63) is 35.5 Å². The van der Waals surface area contributed by atoms with E-state index in [0.717, 1.165) is 29.7 Å². The number of hydrogen-bond donors (Lipinski definition) is 1. The smallest absolute Gasteiger partial charge is 0.0737 e. The van der Waals surface area contributed by atoms with Crippen molar-refractivity contribution in [3.8, 4) is 0 Å². The number of halogens is 1. The number of nitrogens with zero attached hydrogens (tertiary/aromatic N) is 1. The number of aromatic nitrogens is 1. The molecule has 0 saturated carbocycles. The number of ether oxygens (including phenoxy) is 1. The van der Waals surface area contributed by atoms with Crippen molar-refractivity contribution < 1.29 is 4.74 Å². The summed E-state index contributed by atoms with van der Waals surface area (Å²) in [5, 5.41) is 5.23. The van der Waals surface area contributed by atoms with Crippen molar-refractivity contribution in [1.82, 2.24) is 4.98 Å². The molecule has 0 spiro atoms. The van der Waals surface area contributed by atoms with E-state index >= 15 is 0 Å². The van der Waals surface area contributed by atoms with E-state index in [0.29, 0.717) is 10.9 Å². The van der Waals surface area contributed by atoms with E-state index in [1.807, 2.05) is 24.3 Å². The third kappa shape index (κ3) is 3.12. The molecule has 1 N–H and O–H groups in total. The third-order valence-corrected chi connectivity index (χ3v) is 3.03. The minimum absolute atomic E-state index is 0.463. The van der Waals surface area contributed by atoms with E-state index in [2.05, 4.69) is 17.2 Å². The van der Waals surface area contributed by atoms with Gasteiger partial charge in [0.15, 0.2) is 0 Å². The summed E-state index contributed by atoms with van der Waals surface area (Å²) in [7, 11) is 1.72. The molecule has 1 aromatic carbocycles. The molecule has 1 atom stereocenters. The predicted molar refractivity (Wildman–Crippen MR) is 76.3 cm³/mol. The number of hydrogen-bond acceptors (Lipinski definition) is 3. The maximum atomic E-state index is 5.96. The van der Waals surface area contributed by atoms with Gasteiger partial charge in [0.05, 0.1) is 12.1 Å². The standard InChI is InChI=1S/C14H17ClN2O/c1-10(9-18-2)8-17-13-5-6-16-14-7-11(15)3-4-12(13)14/h3-7,10H,8-9H2,1-2H3,(H,16,17). The summed E-state index contributed by atoms with van der Waals surface area (Å²) in [6, 6.07) is 7.74. The molecule has 1 unspecified atom stereocenters. The molecular formula is C14H17ClN2O. The third-order valence-electron chi connectivity index (χ3n) is 2.80. The Kier molecular flexibility index (Phi) is 4.39. The number of anilines is 1. The largest absolute Gasteiger partial charge is 0.384 e. The fourth-order valence-electron chi connectivity index (χ4n) is 1.90. The zero-order valence-electron chi connectivity index (χ0n) is 10.6. The molecule has 96 valence electrons. The average Bonchev–Trinajstić information content (AvgIpc) is 2.36. The van der Waals surface area contributed by atoms with Crippen LogP contribution in [0.25, 0.3) is 10.9 Å². The zero-order valence-corrected chi connectivity index (χ0v) is 11.4. The van der Waals surface area contributed by atoms with Crippen LogP contribution in [0.5, 0.6) is 0 Å².